The van der Waals surface area contributed by atoms with E-state index in [4.69, 9.17) is 0 Å². The number of halogens is 4. The second-order valence-electron chi connectivity index (χ2n) is 4.72. The molecule has 1 fully saturated rings. The Labute approximate surface area is 117 Å². The van der Waals surface area contributed by atoms with Crippen molar-refractivity contribution >= 4 is 21.8 Å². The smallest absolute Gasteiger partial charge is 0.327 e. The fourth-order valence-corrected chi connectivity index (χ4v) is 2.35. The van der Waals surface area contributed by atoms with Crippen molar-refractivity contribution in [2.75, 3.05) is 6.54 Å². The molecule has 0 aliphatic heterocycles. The van der Waals surface area contributed by atoms with Gasteiger partial charge in [0, 0.05) is 10.5 Å². The number of nitrogens with zero attached hydrogens (tertiary/aromatic N) is 1. The van der Waals surface area contributed by atoms with Crippen LogP contribution in [0.15, 0.2) is 22.7 Å². The van der Waals surface area contributed by atoms with Crippen LogP contribution in [0.2, 0.25) is 0 Å². The van der Waals surface area contributed by atoms with Gasteiger partial charge in [-0.25, -0.2) is 0 Å². The number of carbonyl (C=O) groups excluding carboxylic acids is 1. The second kappa shape index (κ2) is 5.15. The molecule has 104 valence electrons. The Bertz CT molecular complexity index is 497. The molecule has 0 saturated heterocycles. The highest BCUT2D eigenvalue weighted by Crippen LogP contribution is 2.33. The van der Waals surface area contributed by atoms with Crippen LogP contribution in [0.1, 0.15) is 28.8 Å². The quantitative estimate of drug-likeness (QED) is 0.819. The molecule has 0 heterocycles. The highest BCUT2D eigenvalue weighted by molar-refractivity contribution is 9.10. The fourth-order valence-electron chi connectivity index (χ4n) is 1.91. The SMILES string of the molecule is Cc1cccc(C(=O)N(CC(F)(F)F)C2CC2)c1Br. The summed E-state index contributed by atoms with van der Waals surface area (Å²) in [6.45, 7) is 0.614. The third-order valence-electron chi connectivity index (χ3n) is 3.02. The lowest BCUT2D eigenvalue weighted by molar-refractivity contribution is -0.141. The number of hydrogen-bond acceptors (Lipinski definition) is 1. The van der Waals surface area contributed by atoms with Crippen LogP contribution in [0.3, 0.4) is 0 Å². The van der Waals surface area contributed by atoms with Crippen molar-refractivity contribution in [1.29, 1.82) is 0 Å². The first-order valence-electron chi connectivity index (χ1n) is 5.92. The molecule has 1 aromatic rings. The average Bonchev–Trinajstić information content (AvgIpc) is 3.12. The van der Waals surface area contributed by atoms with Gasteiger partial charge in [-0.3, -0.25) is 4.79 Å². The van der Waals surface area contributed by atoms with Gasteiger partial charge in [-0.15, -0.1) is 0 Å². The van der Waals surface area contributed by atoms with Crippen LogP contribution in [0, 0.1) is 6.92 Å². The molecule has 0 bridgehead atoms. The molecule has 1 aliphatic carbocycles. The van der Waals surface area contributed by atoms with Crippen molar-refractivity contribution in [3.63, 3.8) is 0 Å². The number of hydrogen-bond donors (Lipinski definition) is 0. The zero-order valence-electron chi connectivity index (χ0n) is 10.3. The first-order chi connectivity index (χ1) is 8.79. The summed E-state index contributed by atoms with van der Waals surface area (Å²) in [6, 6.07) is 4.74. The molecule has 0 atom stereocenters. The van der Waals surface area contributed by atoms with Crippen molar-refractivity contribution in [2.45, 2.75) is 32.0 Å². The molecule has 19 heavy (non-hydrogen) atoms. The molecule has 0 aromatic heterocycles. The minimum atomic E-state index is -4.37. The summed E-state index contributed by atoms with van der Waals surface area (Å²) in [5, 5.41) is 0. The van der Waals surface area contributed by atoms with E-state index in [1.807, 2.05) is 0 Å². The standard InChI is InChI=1S/C13H13BrF3NO/c1-8-3-2-4-10(11(8)14)12(19)18(9-5-6-9)7-13(15,16)17/h2-4,9H,5-7H2,1H3. The monoisotopic (exact) mass is 335 g/mol. The van der Waals surface area contributed by atoms with E-state index in [-0.39, 0.29) is 11.6 Å². The molecule has 1 saturated carbocycles. The van der Waals surface area contributed by atoms with Gasteiger partial charge in [0.15, 0.2) is 0 Å². The van der Waals surface area contributed by atoms with Gasteiger partial charge in [-0.1, -0.05) is 12.1 Å². The van der Waals surface area contributed by atoms with Gasteiger partial charge in [0.2, 0.25) is 0 Å². The van der Waals surface area contributed by atoms with Gasteiger partial charge in [0.25, 0.3) is 5.91 Å². The van der Waals surface area contributed by atoms with E-state index in [1.54, 1.807) is 25.1 Å². The van der Waals surface area contributed by atoms with Crippen molar-refractivity contribution in [1.82, 2.24) is 4.90 Å². The molecule has 1 aliphatic rings. The van der Waals surface area contributed by atoms with Crippen LogP contribution in [-0.2, 0) is 0 Å². The number of carbonyl (C=O) groups is 1. The molecule has 2 rings (SSSR count). The highest BCUT2D eigenvalue weighted by atomic mass is 79.9. The van der Waals surface area contributed by atoms with Gasteiger partial charge in [-0.05, 0) is 47.3 Å². The molecule has 2 nitrogen and oxygen atoms in total. The van der Waals surface area contributed by atoms with Gasteiger partial charge in [0.1, 0.15) is 6.54 Å². The van der Waals surface area contributed by atoms with Gasteiger partial charge in [-0.2, -0.15) is 13.2 Å². The fraction of sp³-hybridized carbons (Fsp3) is 0.462. The molecule has 0 radical (unpaired) electrons. The van der Waals surface area contributed by atoms with Crippen LogP contribution in [-0.4, -0.2) is 29.6 Å². The van der Waals surface area contributed by atoms with E-state index in [2.05, 4.69) is 15.9 Å². The Balaban J connectivity index is 2.27. The Kier molecular flexibility index (Phi) is 3.90. The second-order valence-corrected chi connectivity index (χ2v) is 5.51. The third kappa shape index (κ3) is 3.49. The predicted octanol–water partition coefficient (Wildman–Crippen LogP) is 3.92. The largest absolute Gasteiger partial charge is 0.406 e. The summed E-state index contributed by atoms with van der Waals surface area (Å²) in [5.41, 5.74) is 1.12. The van der Waals surface area contributed by atoms with E-state index in [9.17, 15) is 18.0 Å². The summed E-state index contributed by atoms with van der Waals surface area (Å²) >= 11 is 3.27. The zero-order chi connectivity index (χ0) is 14.2. The first-order valence-corrected chi connectivity index (χ1v) is 6.72. The molecule has 1 amide bonds. The lowest BCUT2D eigenvalue weighted by Crippen LogP contribution is -2.40. The van der Waals surface area contributed by atoms with Crippen LogP contribution >= 0.6 is 15.9 Å². The molecular formula is C13H13BrF3NO. The maximum Gasteiger partial charge on any atom is 0.406 e. The number of rotatable bonds is 3. The first kappa shape index (κ1) is 14.4. The van der Waals surface area contributed by atoms with E-state index < -0.39 is 18.6 Å². The third-order valence-corrected chi connectivity index (χ3v) is 4.07. The van der Waals surface area contributed by atoms with Crippen molar-refractivity contribution in [3.8, 4) is 0 Å². The molecule has 0 unspecified atom stereocenters. The zero-order valence-corrected chi connectivity index (χ0v) is 11.9. The number of amides is 1. The maximum absolute atomic E-state index is 12.5. The van der Waals surface area contributed by atoms with E-state index >= 15 is 0 Å². The van der Waals surface area contributed by atoms with Crippen LogP contribution in [0.5, 0.6) is 0 Å². The molecule has 0 spiro atoms. The van der Waals surface area contributed by atoms with Gasteiger partial charge < -0.3 is 4.90 Å². The average molecular weight is 336 g/mol. The van der Waals surface area contributed by atoms with Crippen molar-refractivity contribution in [2.24, 2.45) is 0 Å². The molecular weight excluding hydrogens is 323 g/mol. The minimum Gasteiger partial charge on any atom is -0.327 e. The highest BCUT2D eigenvalue weighted by Gasteiger charge is 2.41. The summed E-state index contributed by atoms with van der Waals surface area (Å²) in [6.07, 6.45) is -3.08. The Morgan fingerprint density at radius 1 is 1.42 bits per heavy atom. The Morgan fingerprint density at radius 2 is 2.05 bits per heavy atom. The number of alkyl halides is 3. The normalized spacial score (nSPS) is 15.4. The summed E-state index contributed by atoms with van der Waals surface area (Å²) < 4.78 is 38.2. The molecule has 6 heteroatoms. The number of benzene rings is 1. The van der Waals surface area contributed by atoms with E-state index in [1.165, 1.54) is 0 Å². The van der Waals surface area contributed by atoms with E-state index in [0.717, 1.165) is 10.5 Å². The van der Waals surface area contributed by atoms with Gasteiger partial charge >= 0.3 is 6.18 Å². The summed E-state index contributed by atoms with van der Waals surface area (Å²) in [5.74, 6) is -0.560. The lowest BCUT2D eigenvalue weighted by atomic mass is 10.1. The minimum absolute atomic E-state index is 0.276. The molecule has 1 aromatic carbocycles. The van der Waals surface area contributed by atoms with E-state index in [0.29, 0.717) is 17.3 Å². The summed E-state index contributed by atoms with van der Waals surface area (Å²) in [4.78, 5) is 13.2. The van der Waals surface area contributed by atoms with Gasteiger partial charge in [0.05, 0.1) is 5.56 Å². The number of aryl methyl sites for hydroxylation is 1. The van der Waals surface area contributed by atoms with Crippen molar-refractivity contribution < 1.29 is 18.0 Å². The van der Waals surface area contributed by atoms with Crippen molar-refractivity contribution in [3.05, 3.63) is 33.8 Å². The maximum atomic E-state index is 12.5. The summed E-state index contributed by atoms with van der Waals surface area (Å²) in [7, 11) is 0. The topological polar surface area (TPSA) is 20.3 Å². The van der Waals surface area contributed by atoms with Crippen LogP contribution in [0.25, 0.3) is 0 Å². The van der Waals surface area contributed by atoms with Crippen LogP contribution < -0.4 is 0 Å². The molecule has 0 N–H and O–H groups in total. The Hall–Kier alpha value is -1.04. The van der Waals surface area contributed by atoms with Crippen LogP contribution in [0.4, 0.5) is 13.2 Å². The predicted molar refractivity (Wildman–Crippen MR) is 69.0 cm³/mol. The Morgan fingerprint density at radius 3 is 2.58 bits per heavy atom. The lowest BCUT2D eigenvalue weighted by Gasteiger charge is -2.24.